The summed E-state index contributed by atoms with van der Waals surface area (Å²) in [6, 6.07) is 6.06. The van der Waals surface area contributed by atoms with Gasteiger partial charge >= 0.3 is 6.61 Å². The molecule has 0 heterocycles. The zero-order valence-corrected chi connectivity index (χ0v) is 9.74. The lowest BCUT2D eigenvalue weighted by atomic mass is 10.1. The maximum absolute atomic E-state index is 11.9. The maximum Gasteiger partial charge on any atom is 0.387 e. The van der Waals surface area contributed by atoms with Crippen LogP contribution in [0.3, 0.4) is 0 Å². The number of benzene rings is 1. The number of ether oxygens (including phenoxy) is 1. The molecule has 0 bridgehead atoms. The molecule has 0 aliphatic rings. The number of nitrogens with one attached hydrogen (secondary N) is 1. The molecule has 0 aliphatic carbocycles. The number of alkyl halides is 2. The SMILES string of the molecule is CCC(=O)NC(C)c1ccc(OC(F)F)cc1. The number of carbonyl (C=O) groups is 1. The molecule has 0 spiro atoms. The van der Waals surface area contributed by atoms with Gasteiger partial charge in [0.05, 0.1) is 6.04 Å². The molecule has 1 aromatic carbocycles. The highest BCUT2D eigenvalue weighted by molar-refractivity contribution is 5.75. The molecule has 0 radical (unpaired) electrons. The Morgan fingerprint density at radius 1 is 1.35 bits per heavy atom. The molecular weight excluding hydrogens is 228 g/mol. The summed E-state index contributed by atoms with van der Waals surface area (Å²) in [5, 5.41) is 2.78. The fraction of sp³-hybridized carbons (Fsp3) is 0.417. The van der Waals surface area contributed by atoms with E-state index >= 15 is 0 Å². The molecule has 0 saturated carbocycles. The second-order valence-electron chi connectivity index (χ2n) is 3.59. The summed E-state index contributed by atoms with van der Waals surface area (Å²) in [4.78, 5) is 11.2. The fourth-order valence-electron chi connectivity index (χ4n) is 1.36. The number of halogens is 2. The minimum absolute atomic E-state index is 0.0505. The van der Waals surface area contributed by atoms with Crippen LogP contribution in [-0.2, 0) is 4.79 Å². The van der Waals surface area contributed by atoms with Crippen LogP contribution >= 0.6 is 0 Å². The van der Waals surface area contributed by atoms with Crippen molar-refractivity contribution in [2.24, 2.45) is 0 Å². The Morgan fingerprint density at radius 2 is 1.94 bits per heavy atom. The van der Waals surface area contributed by atoms with Crippen molar-refractivity contribution in [2.45, 2.75) is 32.9 Å². The van der Waals surface area contributed by atoms with Crippen LogP contribution in [0.5, 0.6) is 5.75 Å². The van der Waals surface area contributed by atoms with Gasteiger partial charge in [-0.3, -0.25) is 4.79 Å². The molecular formula is C12H15F2NO2. The molecule has 0 aliphatic heterocycles. The van der Waals surface area contributed by atoms with Crippen molar-refractivity contribution in [3.8, 4) is 5.75 Å². The van der Waals surface area contributed by atoms with Crippen LogP contribution in [0, 0.1) is 0 Å². The zero-order valence-electron chi connectivity index (χ0n) is 9.74. The molecule has 1 atom stereocenters. The number of hydrogen-bond donors (Lipinski definition) is 1. The average molecular weight is 243 g/mol. The number of carbonyl (C=O) groups excluding carboxylic acids is 1. The summed E-state index contributed by atoms with van der Waals surface area (Å²) in [7, 11) is 0. The van der Waals surface area contributed by atoms with E-state index in [1.807, 2.05) is 6.92 Å². The first-order valence-corrected chi connectivity index (χ1v) is 5.37. The first-order chi connectivity index (χ1) is 8.02. The molecule has 17 heavy (non-hydrogen) atoms. The third kappa shape index (κ3) is 4.38. The van der Waals surface area contributed by atoms with Gasteiger partial charge in [0.15, 0.2) is 0 Å². The number of rotatable bonds is 5. The van der Waals surface area contributed by atoms with Crippen LogP contribution in [0.2, 0.25) is 0 Å². The molecule has 1 unspecified atom stereocenters. The summed E-state index contributed by atoms with van der Waals surface area (Å²) in [5.74, 6) is 0.0585. The molecule has 1 aromatic rings. The molecule has 0 aromatic heterocycles. The van der Waals surface area contributed by atoms with Crippen LogP contribution in [0.25, 0.3) is 0 Å². The van der Waals surface area contributed by atoms with E-state index in [4.69, 9.17) is 0 Å². The second kappa shape index (κ2) is 6.18. The normalized spacial score (nSPS) is 12.3. The third-order valence-corrected chi connectivity index (χ3v) is 2.30. The summed E-state index contributed by atoms with van der Waals surface area (Å²) < 4.78 is 28.1. The van der Waals surface area contributed by atoms with Crippen LogP contribution < -0.4 is 10.1 Å². The molecule has 1 amide bonds. The van der Waals surface area contributed by atoms with Crippen molar-refractivity contribution in [3.05, 3.63) is 29.8 Å². The van der Waals surface area contributed by atoms with Gasteiger partial charge in [0, 0.05) is 6.42 Å². The molecule has 0 saturated heterocycles. The Morgan fingerprint density at radius 3 is 2.41 bits per heavy atom. The van der Waals surface area contributed by atoms with E-state index in [9.17, 15) is 13.6 Å². The Labute approximate surface area is 98.8 Å². The lowest BCUT2D eigenvalue weighted by Crippen LogP contribution is -2.25. The van der Waals surface area contributed by atoms with E-state index in [0.29, 0.717) is 6.42 Å². The first kappa shape index (κ1) is 13.4. The second-order valence-corrected chi connectivity index (χ2v) is 3.59. The predicted molar refractivity (Wildman–Crippen MR) is 59.9 cm³/mol. The van der Waals surface area contributed by atoms with Crippen molar-refractivity contribution in [2.75, 3.05) is 0 Å². The van der Waals surface area contributed by atoms with Crippen molar-refractivity contribution < 1.29 is 18.3 Å². The third-order valence-electron chi connectivity index (χ3n) is 2.30. The Hall–Kier alpha value is -1.65. The smallest absolute Gasteiger partial charge is 0.387 e. The van der Waals surface area contributed by atoms with E-state index in [0.717, 1.165) is 5.56 Å². The van der Waals surface area contributed by atoms with E-state index in [2.05, 4.69) is 10.1 Å². The summed E-state index contributed by atoms with van der Waals surface area (Å²) in [5.41, 5.74) is 0.841. The van der Waals surface area contributed by atoms with Gasteiger partial charge in [0.1, 0.15) is 5.75 Å². The van der Waals surface area contributed by atoms with E-state index in [-0.39, 0.29) is 17.7 Å². The quantitative estimate of drug-likeness (QED) is 0.863. The van der Waals surface area contributed by atoms with Gasteiger partial charge in [0.2, 0.25) is 5.91 Å². The maximum atomic E-state index is 11.9. The van der Waals surface area contributed by atoms with Crippen molar-refractivity contribution in [1.82, 2.24) is 5.32 Å². The van der Waals surface area contributed by atoms with Crippen molar-refractivity contribution >= 4 is 5.91 Å². The van der Waals surface area contributed by atoms with E-state index in [1.165, 1.54) is 12.1 Å². The summed E-state index contributed by atoms with van der Waals surface area (Å²) >= 11 is 0. The topological polar surface area (TPSA) is 38.3 Å². The average Bonchev–Trinajstić information content (AvgIpc) is 2.28. The van der Waals surface area contributed by atoms with E-state index < -0.39 is 6.61 Å². The molecule has 3 nitrogen and oxygen atoms in total. The predicted octanol–water partition coefficient (Wildman–Crippen LogP) is 2.88. The van der Waals surface area contributed by atoms with Gasteiger partial charge in [-0.25, -0.2) is 0 Å². The summed E-state index contributed by atoms with van der Waals surface area (Å²) in [6.45, 7) is 0.774. The van der Waals surface area contributed by atoms with Gasteiger partial charge in [0.25, 0.3) is 0 Å². The van der Waals surface area contributed by atoms with Gasteiger partial charge in [-0.15, -0.1) is 0 Å². The van der Waals surface area contributed by atoms with Crippen LogP contribution in [0.1, 0.15) is 31.9 Å². The Balaban J connectivity index is 2.63. The molecule has 1 rings (SSSR count). The standard InChI is InChI=1S/C12H15F2NO2/c1-3-11(16)15-8(2)9-4-6-10(7-5-9)17-12(13)14/h4-8,12H,3H2,1-2H3,(H,15,16). The molecule has 0 fully saturated rings. The Kier molecular flexibility index (Phi) is 4.87. The van der Waals surface area contributed by atoms with Crippen LogP contribution in [0.4, 0.5) is 8.78 Å². The molecule has 94 valence electrons. The lowest BCUT2D eigenvalue weighted by molar-refractivity contribution is -0.121. The fourth-order valence-corrected chi connectivity index (χ4v) is 1.36. The van der Waals surface area contributed by atoms with Crippen molar-refractivity contribution in [3.63, 3.8) is 0 Å². The monoisotopic (exact) mass is 243 g/mol. The first-order valence-electron chi connectivity index (χ1n) is 5.37. The minimum atomic E-state index is -2.82. The van der Waals surface area contributed by atoms with Crippen LogP contribution in [0.15, 0.2) is 24.3 Å². The molecule has 5 heteroatoms. The summed E-state index contributed by atoms with van der Waals surface area (Å²) in [6.07, 6.45) is 0.414. The lowest BCUT2D eigenvalue weighted by Gasteiger charge is -2.14. The van der Waals surface area contributed by atoms with Crippen molar-refractivity contribution in [1.29, 1.82) is 0 Å². The number of amides is 1. The minimum Gasteiger partial charge on any atom is -0.435 e. The molecule has 1 N–H and O–H groups in total. The highest BCUT2D eigenvalue weighted by Gasteiger charge is 2.09. The van der Waals surface area contributed by atoms with E-state index in [1.54, 1.807) is 19.1 Å². The highest BCUT2D eigenvalue weighted by atomic mass is 19.3. The van der Waals surface area contributed by atoms with Gasteiger partial charge in [-0.2, -0.15) is 8.78 Å². The zero-order chi connectivity index (χ0) is 12.8. The van der Waals surface area contributed by atoms with Gasteiger partial charge in [-0.1, -0.05) is 19.1 Å². The Bertz CT molecular complexity index is 365. The largest absolute Gasteiger partial charge is 0.435 e. The van der Waals surface area contributed by atoms with Gasteiger partial charge in [-0.05, 0) is 24.6 Å². The van der Waals surface area contributed by atoms with Gasteiger partial charge < -0.3 is 10.1 Å². The van der Waals surface area contributed by atoms with Crippen LogP contribution in [-0.4, -0.2) is 12.5 Å². The number of hydrogen-bond acceptors (Lipinski definition) is 2. The highest BCUT2D eigenvalue weighted by Crippen LogP contribution is 2.19.